The molecule has 8 nitrogen and oxygen atoms in total. The Kier molecular flexibility index (Phi) is 5.04. The van der Waals surface area contributed by atoms with Gasteiger partial charge in [-0.05, 0) is 42.8 Å². The third kappa shape index (κ3) is 3.73. The molecule has 1 atom stereocenters. The smallest absolute Gasteiger partial charge is 0.225 e. The fraction of sp³-hybridized carbons (Fsp3) is 0.450. The molecular weight excluding hydrogens is 352 g/mol. The van der Waals surface area contributed by atoms with Crippen LogP contribution in [0.25, 0.3) is 0 Å². The van der Waals surface area contributed by atoms with Gasteiger partial charge in [0.05, 0.1) is 11.6 Å². The number of piperazine rings is 1. The van der Waals surface area contributed by atoms with Crippen molar-refractivity contribution in [2.75, 3.05) is 31.1 Å². The SMILES string of the molecule is CC(C)(C)n1nnnc1C(c1ccccc1)N1CCN(c2ncccn2)CC1. The van der Waals surface area contributed by atoms with Crippen LogP contribution in [0.3, 0.4) is 0 Å². The number of rotatable bonds is 4. The van der Waals surface area contributed by atoms with Crippen LogP contribution in [0.5, 0.6) is 0 Å². The first kappa shape index (κ1) is 18.5. The van der Waals surface area contributed by atoms with E-state index < -0.39 is 0 Å². The molecule has 0 aliphatic carbocycles. The van der Waals surface area contributed by atoms with Crippen LogP contribution in [0.4, 0.5) is 5.95 Å². The van der Waals surface area contributed by atoms with Crippen molar-refractivity contribution in [2.24, 2.45) is 0 Å². The molecule has 1 unspecified atom stereocenters. The molecule has 28 heavy (non-hydrogen) atoms. The predicted molar refractivity (Wildman–Crippen MR) is 107 cm³/mol. The van der Waals surface area contributed by atoms with E-state index in [1.54, 1.807) is 12.4 Å². The normalized spacial score (nSPS) is 16.9. The highest BCUT2D eigenvalue weighted by Crippen LogP contribution is 2.30. The Balaban J connectivity index is 1.62. The molecule has 3 heterocycles. The zero-order valence-electron chi connectivity index (χ0n) is 16.6. The highest BCUT2D eigenvalue weighted by molar-refractivity contribution is 5.31. The maximum absolute atomic E-state index is 4.43. The second-order valence-electron chi connectivity index (χ2n) is 8.00. The number of aromatic nitrogens is 6. The largest absolute Gasteiger partial charge is 0.338 e. The Labute approximate surface area is 165 Å². The number of tetrazole rings is 1. The molecule has 0 spiro atoms. The molecule has 3 aromatic rings. The van der Waals surface area contributed by atoms with Gasteiger partial charge in [-0.2, -0.15) is 0 Å². The molecule has 0 saturated carbocycles. The van der Waals surface area contributed by atoms with Gasteiger partial charge in [-0.1, -0.05) is 30.3 Å². The number of benzene rings is 1. The summed E-state index contributed by atoms with van der Waals surface area (Å²) in [5.41, 5.74) is 1.01. The van der Waals surface area contributed by atoms with Gasteiger partial charge in [0.15, 0.2) is 5.82 Å². The Morgan fingerprint density at radius 1 is 0.893 bits per heavy atom. The van der Waals surface area contributed by atoms with Gasteiger partial charge >= 0.3 is 0 Å². The number of hydrogen-bond donors (Lipinski definition) is 0. The monoisotopic (exact) mass is 378 g/mol. The lowest BCUT2D eigenvalue weighted by Crippen LogP contribution is -2.49. The molecule has 4 rings (SSSR count). The molecule has 0 bridgehead atoms. The minimum atomic E-state index is -0.189. The Morgan fingerprint density at radius 3 is 2.21 bits per heavy atom. The Hall–Kier alpha value is -2.87. The number of hydrogen-bond acceptors (Lipinski definition) is 7. The lowest BCUT2D eigenvalue weighted by Gasteiger charge is -2.39. The van der Waals surface area contributed by atoms with Gasteiger partial charge in [0.1, 0.15) is 0 Å². The van der Waals surface area contributed by atoms with E-state index in [2.05, 4.69) is 80.3 Å². The highest BCUT2D eigenvalue weighted by Gasteiger charge is 2.33. The molecule has 0 N–H and O–H groups in total. The van der Waals surface area contributed by atoms with Gasteiger partial charge in [-0.25, -0.2) is 14.6 Å². The zero-order chi connectivity index (χ0) is 19.6. The van der Waals surface area contributed by atoms with Crippen molar-refractivity contribution < 1.29 is 0 Å². The van der Waals surface area contributed by atoms with E-state index in [9.17, 15) is 0 Å². The van der Waals surface area contributed by atoms with E-state index in [0.29, 0.717) is 0 Å². The summed E-state index contributed by atoms with van der Waals surface area (Å²) in [5.74, 6) is 1.67. The summed E-state index contributed by atoms with van der Waals surface area (Å²) in [7, 11) is 0. The summed E-state index contributed by atoms with van der Waals surface area (Å²) in [5, 5.41) is 12.7. The van der Waals surface area contributed by atoms with E-state index in [1.165, 1.54) is 5.56 Å². The fourth-order valence-electron chi connectivity index (χ4n) is 3.64. The minimum absolute atomic E-state index is 0.00858. The third-order valence-corrected chi connectivity index (χ3v) is 5.00. The van der Waals surface area contributed by atoms with Crippen molar-refractivity contribution in [1.82, 2.24) is 35.1 Å². The summed E-state index contributed by atoms with van der Waals surface area (Å²) < 4.78 is 1.94. The molecule has 1 aliphatic rings. The second kappa shape index (κ2) is 7.63. The maximum atomic E-state index is 4.43. The predicted octanol–water partition coefficient (Wildman–Crippen LogP) is 2.13. The molecular formula is C20H26N8. The molecule has 2 aromatic heterocycles. The average molecular weight is 378 g/mol. The van der Waals surface area contributed by atoms with Gasteiger partial charge in [0.2, 0.25) is 5.95 Å². The molecule has 1 aliphatic heterocycles. The van der Waals surface area contributed by atoms with Gasteiger partial charge < -0.3 is 4.90 Å². The first-order chi connectivity index (χ1) is 13.5. The van der Waals surface area contributed by atoms with E-state index in [4.69, 9.17) is 0 Å². The molecule has 8 heteroatoms. The lowest BCUT2D eigenvalue weighted by molar-refractivity contribution is 0.191. The van der Waals surface area contributed by atoms with Gasteiger partial charge in [0, 0.05) is 38.6 Å². The molecule has 0 radical (unpaired) electrons. The van der Waals surface area contributed by atoms with Gasteiger partial charge in [-0.3, -0.25) is 4.90 Å². The first-order valence-corrected chi connectivity index (χ1v) is 9.64. The van der Waals surface area contributed by atoms with Crippen molar-refractivity contribution in [3.05, 3.63) is 60.2 Å². The van der Waals surface area contributed by atoms with Crippen LogP contribution >= 0.6 is 0 Å². The first-order valence-electron chi connectivity index (χ1n) is 9.64. The fourth-order valence-corrected chi connectivity index (χ4v) is 3.64. The summed E-state index contributed by atoms with van der Waals surface area (Å²) >= 11 is 0. The third-order valence-electron chi connectivity index (χ3n) is 5.00. The average Bonchev–Trinajstić information content (AvgIpc) is 3.20. The summed E-state index contributed by atoms with van der Waals surface area (Å²) in [4.78, 5) is 13.4. The van der Waals surface area contributed by atoms with Crippen LogP contribution in [0, 0.1) is 0 Å². The molecule has 1 fully saturated rings. The van der Waals surface area contributed by atoms with E-state index in [1.807, 2.05) is 16.8 Å². The molecule has 0 amide bonds. The van der Waals surface area contributed by atoms with Gasteiger partial charge in [-0.15, -0.1) is 5.10 Å². The summed E-state index contributed by atoms with van der Waals surface area (Å²) in [6, 6.07) is 12.3. The zero-order valence-corrected chi connectivity index (χ0v) is 16.6. The maximum Gasteiger partial charge on any atom is 0.225 e. The molecule has 1 aromatic carbocycles. The van der Waals surface area contributed by atoms with E-state index in [0.717, 1.165) is 38.0 Å². The summed E-state index contributed by atoms with van der Waals surface area (Å²) in [6.45, 7) is 9.87. The van der Waals surface area contributed by atoms with Gasteiger partial charge in [0.25, 0.3) is 0 Å². The summed E-state index contributed by atoms with van der Waals surface area (Å²) in [6.07, 6.45) is 3.58. The number of anilines is 1. The van der Waals surface area contributed by atoms with Crippen molar-refractivity contribution in [2.45, 2.75) is 32.4 Å². The standard InChI is InChI=1S/C20H26N8/c1-20(2,3)28-18(23-24-25-28)17(16-8-5-4-6-9-16)26-12-14-27(15-13-26)19-21-10-7-11-22-19/h4-11,17H,12-15H2,1-3H3. The van der Waals surface area contributed by atoms with Crippen molar-refractivity contribution >= 4 is 5.95 Å². The van der Waals surface area contributed by atoms with Crippen LogP contribution < -0.4 is 4.90 Å². The van der Waals surface area contributed by atoms with Crippen LogP contribution in [-0.2, 0) is 5.54 Å². The molecule has 1 saturated heterocycles. The quantitative estimate of drug-likeness (QED) is 0.688. The van der Waals surface area contributed by atoms with Crippen LogP contribution in [0.1, 0.15) is 38.2 Å². The minimum Gasteiger partial charge on any atom is -0.338 e. The van der Waals surface area contributed by atoms with Crippen molar-refractivity contribution in [1.29, 1.82) is 0 Å². The Morgan fingerprint density at radius 2 is 1.57 bits per heavy atom. The van der Waals surface area contributed by atoms with E-state index >= 15 is 0 Å². The van der Waals surface area contributed by atoms with Crippen LogP contribution in [-0.4, -0.2) is 61.3 Å². The van der Waals surface area contributed by atoms with Crippen molar-refractivity contribution in [3.63, 3.8) is 0 Å². The number of nitrogens with zero attached hydrogens (tertiary/aromatic N) is 8. The molecule has 146 valence electrons. The van der Waals surface area contributed by atoms with Crippen LogP contribution in [0.2, 0.25) is 0 Å². The van der Waals surface area contributed by atoms with Crippen LogP contribution in [0.15, 0.2) is 48.8 Å². The highest BCUT2D eigenvalue weighted by atomic mass is 15.6. The van der Waals surface area contributed by atoms with Crippen molar-refractivity contribution in [3.8, 4) is 0 Å². The Bertz CT molecular complexity index is 879. The lowest BCUT2D eigenvalue weighted by atomic mass is 10.0. The van der Waals surface area contributed by atoms with E-state index in [-0.39, 0.29) is 11.6 Å². The topological polar surface area (TPSA) is 75.9 Å². The second-order valence-corrected chi connectivity index (χ2v) is 8.00.